The number of aliphatic hydroxyl groups excluding tert-OH is 1. The number of benzene rings is 1. The van der Waals surface area contributed by atoms with Gasteiger partial charge in [-0.05, 0) is 30.0 Å². The van der Waals surface area contributed by atoms with E-state index in [1.54, 1.807) is 0 Å². The van der Waals surface area contributed by atoms with Crippen LogP contribution in [0.2, 0.25) is 0 Å². The molecule has 1 heterocycles. The van der Waals surface area contributed by atoms with Crippen LogP contribution in [0.25, 0.3) is 0 Å². The minimum Gasteiger partial charge on any atom is -0.396 e. The number of hydrogen-bond donors (Lipinski definition) is 2. The zero-order valence-electron chi connectivity index (χ0n) is 12.0. The van der Waals surface area contributed by atoms with Crippen LogP contribution in [0.3, 0.4) is 0 Å². The molecule has 0 atom stereocenters. The molecule has 1 aliphatic rings. The molecule has 1 fully saturated rings. The molecule has 1 saturated heterocycles. The van der Waals surface area contributed by atoms with E-state index >= 15 is 0 Å². The lowest BCUT2D eigenvalue weighted by molar-refractivity contribution is -0.134. The molecule has 0 bridgehead atoms. The summed E-state index contributed by atoms with van der Waals surface area (Å²) >= 11 is 0. The monoisotopic (exact) mass is 263 g/mol. The maximum Gasteiger partial charge on any atom is 0.0579 e. The second-order valence-electron chi connectivity index (χ2n) is 5.97. The first-order valence-electron chi connectivity index (χ1n) is 7.13. The van der Waals surface area contributed by atoms with E-state index in [2.05, 4.69) is 43.4 Å². The third-order valence-corrected chi connectivity index (χ3v) is 3.89. The molecule has 2 N–H and O–H groups in total. The van der Waals surface area contributed by atoms with Crippen molar-refractivity contribution in [1.82, 2.24) is 5.32 Å². The Labute approximate surface area is 116 Å². The summed E-state index contributed by atoms with van der Waals surface area (Å²) < 4.78 is 5.18. The summed E-state index contributed by atoms with van der Waals surface area (Å²) in [7, 11) is 0. The maximum atomic E-state index is 9.32. The Kier molecular flexibility index (Phi) is 4.97. The highest BCUT2D eigenvalue weighted by Gasteiger charge is 2.37. The lowest BCUT2D eigenvalue weighted by atomic mass is 9.87. The Morgan fingerprint density at radius 1 is 1.26 bits per heavy atom. The Hall–Kier alpha value is -0.900. The third-order valence-electron chi connectivity index (χ3n) is 3.89. The van der Waals surface area contributed by atoms with Gasteiger partial charge in [0.05, 0.1) is 25.2 Å². The molecule has 3 nitrogen and oxygen atoms in total. The van der Waals surface area contributed by atoms with Crippen LogP contribution in [0.4, 0.5) is 0 Å². The molecule has 2 rings (SSSR count). The Balaban J connectivity index is 1.70. The zero-order chi connectivity index (χ0) is 13.7. The van der Waals surface area contributed by atoms with Gasteiger partial charge in [-0.15, -0.1) is 0 Å². The Bertz CT molecular complexity index is 377. The van der Waals surface area contributed by atoms with Gasteiger partial charge in [0.2, 0.25) is 0 Å². The van der Waals surface area contributed by atoms with E-state index in [9.17, 15) is 5.11 Å². The lowest BCUT2D eigenvalue weighted by Gasteiger charge is -2.40. The van der Waals surface area contributed by atoms with Gasteiger partial charge in [0, 0.05) is 6.54 Å². The summed E-state index contributed by atoms with van der Waals surface area (Å²) in [5.41, 5.74) is 2.73. The Morgan fingerprint density at radius 3 is 2.42 bits per heavy atom. The van der Waals surface area contributed by atoms with Crippen molar-refractivity contribution < 1.29 is 9.84 Å². The van der Waals surface area contributed by atoms with Gasteiger partial charge in [0.1, 0.15) is 0 Å². The van der Waals surface area contributed by atoms with Crippen molar-refractivity contribution in [2.24, 2.45) is 5.41 Å². The molecule has 0 amide bonds. The first kappa shape index (κ1) is 14.5. The standard InChI is InChI=1S/C16H25NO2/c1-13(2)15-5-3-14(4-6-15)7-8-17-9-16(10-18)11-19-12-16/h3-6,13,17-18H,7-12H2,1-2H3. The summed E-state index contributed by atoms with van der Waals surface area (Å²) in [6.07, 6.45) is 1.03. The van der Waals surface area contributed by atoms with Crippen molar-refractivity contribution in [2.75, 3.05) is 32.9 Å². The highest BCUT2D eigenvalue weighted by atomic mass is 16.5. The van der Waals surface area contributed by atoms with Crippen molar-refractivity contribution >= 4 is 0 Å². The van der Waals surface area contributed by atoms with Crippen LogP contribution in [0.1, 0.15) is 30.9 Å². The predicted molar refractivity (Wildman–Crippen MR) is 77.4 cm³/mol. The summed E-state index contributed by atoms with van der Waals surface area (Å²) in [5.74, 6) is 0.593. The molecule has 19 heavy (non-hydrogen) atoms. The number of nitrogens with one attached hydrogen (secondary N) is 1. The van der Waals surface area contributed by atoms with E-state index in [1.807, 2.05) is 0 Å². The van der Waals surface area contributed by atoms with Gasteiger partial charge < -0.3 is 15.2 Å². The molecule has 3 heteroatoms. The van der Waals surface area contributed by atoms with E-state index < -0.39 is 0 Å². The van der Waals surface area contributed by atoms with Crippen LogP contribution >= 0.6 is 0 Å². The molecular formula is C16H25NO2. The molecule has 0 radical (unpaired) electrons. The lowest BCUT2D eigenvalue weighted by Crippen LogP contribution is -2.52. The second kappa shape index (κ2) is 6.51. The number of hydrogen-bond acceptors (Lipinski definition) is 3. The van der Waals surface area contributed by atoms with Crippen LogP contribution in [0.15, 0.2) is 24.3 Å². The smallest absolute Gasteiger partial charge is 0.0579 e. The van der Waals surface area contributed by atoms with Crippen LogP contribution in [0.5, 0.6) is 0 Å². The first-order valence-corrected chi connectivity index (χ1v) is 7.13. The predicted octanol–water partition coefficient (Wildman–Crippen LogP) is 1.95. The average Bonchev–Trinajstić information content (AvgIpc) is 2.37. The van der Waals surface area contributed by atoms with Crippen LogP contribution in [-0.4, -0.2) is 38.0 Å². The quantitative estimate of drug-likeness (QED) is 0.739. The van der Waals surface area contributed by atoms with Crippen molar-refractivity contribution in [2.45, 2.75) is 26.2 Å². The fraction of sp³-hybridized carbons (Fsp3) is 0.625. The number of ether oxygens (including phenoxy) is 1. The fourth-order valence-corrected chi connectivity index (χ4v) is 2.30. The summed E-state index contributed by atoms with van der Waals surface area (Å²) in [4.78, 5) is 0. The molecule has 0 aliphatic carbocycles. The van der Waals surface area contributed by atoms with E-state index in [-0.39, 0.29) is 12.0 Å². The van der Waals surface area contributed by atoms with Gasteiger partial charge in [-0.2, -0.15) is 0 Å². The van der Waals surface area contributed by atoms with Gasteiger partial charge in [-0.3, -0.25) is 0 Å². The zero-order valence-corrected chi connectivity index (χ0v) is 12.0. The highest BCUT2D eigenvalue weighted by Crippen LogP contribution is 2.25. The molecule has 0 saturated carbocycles. The van der Waals surface area contributed by atoms with E-state index in [0.717, 1.165) is 19.5 Å². The second-order valence-corrected chi connectivity index (χ2v) is 5.97. The largest absolute Gasteiger partial charge is 0.396 e. The molecule has 0 spiro atoms. The topological polar surface area (TPSA) is 41.5 Å². The summed E-state index contributed by atoms with van der Waals surface area (Å²) in [6.45, 7) is 7.79. The van der Waals surface area contributed by atoms with Crippen LogP contribution in [0, 0.1) is 5.41 Å². The van der Waals surface area contributed by atoms with E-state index in [0.29, 0.717) is 19.1 Å². The van der Waals surface area contributed by atoms with Gasteiger partial charge in [-0.1, -0.05) is 38.1 Å². The molecule has 106 valence electrons. The van der Waals surface area contributed by atoms with Crippen LogP contribution in [-0.2, 0) is 11.2 Å². The summed E-state index contributed by atoms with van der Waals surface area (Å²) in [5, 5.41) is 12.7. The van der Waals surface area contributed by atoms with E-state index in [1.165, 1.54) is 11.1 Å². The van der Waals surface area contributed by atoms with Gasteiger partial charge in [0.25, 0.3) is 0 Å². The highest BCUT2D eigenvalue weighted by molar-refractivity contribution is 5.24. The molecular weight excluding hydrogens is 238 g/mol. The van der Waals surface area contributed by atoms with Gasteiger partial charge >= 0.3 is 0 Å². The minimum atomic E-state index is -0.0263. The maximum absolute atomic E-state index is 9.32. The first-order chi connectivity index (χ1) is 9.15. The minimum absolute atomic E-state index is 0.0263. The number of rotatable bonds is 7. The normalized spacial score (nSPS) is 17.5. The van der Waals surface area contributed by atoms with Crippen molar-refractivity contribution in [3.05, 3.63) is 35.4 Å². The van der Waals surface area contributed by atoms with Crippen molar-refractivity contribution in [3.8, 4) is 0 Å². The Morgan fingerprint density at radius 2 is 1.95 bits per heavy atom. The average molecular weight is 263 g/mol. The molecule has 0 aromatic heterocycles. The third kappa shape index (κ3) is 3.78. The molecule has 1 aromatic carbocycles. The van der Waals surface area contributed by atoms with Gasteiger partial charge in [0.15, 0.2) is 0 Å². The summed E-state index contributed by atoms with van der Waals surface area (Å²) in [6, 6.07) is 8.86. The van der Waals surface area contributed by atoms with Crippen molar-refractivity contribution in [3.63, 3.8) is 0 Å². The fourth-order valence-electron chi connectivity index (χ4n) is 2.30. The van der Waals surface area contributed by atoms with Gasteiger partial charge in [-0.25, -0.2) is 0 Å². The molecule has 0 unspecified atom stereocenters. The SMILES string of the molecule is CC(C)c1ccc(CCNCC2(CO)COC2)cc1. The van der Waals surface area contributed by atoms with E-state index in [4.69, 9.17) is 4.74 Å². The number of aliphatic hydroxyl groups is 1. The molecule has 1 aromatic rings. The van der Waals surface area contributed by atoms with Crippen molar-refractivity contribution in [1.29, 1.82) is 0 Å². The van der Waals surface area contributed by atoms with Crippen LogP contribution < -0.4 is 5.32 Å². The molecule has 1 aliphatic heterocycles.